The van der Waals surface area contributed by atoms with Crippen LogP contribution in [0.25, 0.3) is 0 Å². The fraction of sp³-hybridized carbons (Fsp3) is 0.267. The molecule has 0 aromatic heterocycles. The molecule has 0 atom stereocenters. The van der Waals surface area contributed by atoms with E-state index in [-0.39, 0.29) is 18.8 Å². The molecular formula is C15H16O7. The number of phenolic OH excluding ortho intramolecular Hbond substituents is 1. The van der Waals surface area contributed by atoms with Gasteiger partial charge in [-0.15, -0.1) is 0 Å². The van der Waals surface area contributed by atoms with Crippen LogP contribution in [0.1, 0.15) is 19.3 Å². The second kappa shape index (κ2) is 9.17. The highest BCUT2D eigenvalue weighted by Gasteiger charge is 2.05. The monoisotopic (exact) mass is 308 g/mol. The standard InChI is InChI=1S/C15H16O7/c16-11-4-6-12(7-5-11)22-15(20)3-1-2-10-21-14(19)9-8-13(17)18/h4-9,16H,1-3,10H2,(H,17,18)/b9-8+. The Bertz CT molecular complexity index is 546. The maximum atomic E-state index is 11.5. The molecular weight excluding hydrogens is 292 g/mol. The summed E-state index contributed by atoms with van der Waals surface area (Å²) >= 11 is 0. The van der Waals surface area contributed by atoms with Crippen LogP contribution < -0.4 is 4.74 Å². The molecule has 0 fully saturated rings. The Hall–Kier alpha value is -2.83. The van der Waals surface area contributed by atoms with Crippen LogP contribution >= 0.6 is 0 Å². The molecule has 0 aliphatic rings. The molecule has 0 saturated carbocycles. The molecule has 0 saturated heterocycles. The Kier molecular flexibility index (Phi) is 7.18. The van der Waals surface area contributed by atoms with Gasteiger partial charge in [-0.25, -0.2) is 9.59 Å². The number of carboxylic acid groups (broad SMARTS) is 1. The van der Waals surface area contributed by atoms with E-state index in [1.54, 1.807) is 0 Å². The van der Waals surface area contributed by atoms with Crippen LogP contribution in [0, 0.1) is 0 Å². The summed E-state index contributed by atoms with van der Waals surface area (Å²) in [5.74, 6) is -1.97. The number of carbonyl (C=O) groups is 3. The van der Waals surface area contributed by atoms with E-state index in [0.29, 0.717) is 24.7 Å². The molecule has 0 amide bonds. The van der Waals surface area contributed by atoms with E-state index in [1.165, 1.54) is 24.3 Å². The maximum absolute atomic E-state index is 11.5. The molecule has 0 bridgehead atoms. The summed E-state index contributed by atoms with van der Waals surface area (Å²) in [7, 11) is 0. The van der Waals surface area contributed by atoms with Crippen LogP contribution in [0.4, 0.5) is 0 Å². The number of hydrogen-bond donors (Lipinski definition) is 2. The van der Waals surface area contributed by atoms with Crippen molar-refractivity contribution >= 4 is 17.9 Å². The zero-order valence-electron chi connectivity index (χ0n) is 11.7. The van der Waals surface area contributed by atoms with Gasteiger partial charge >= 0.3 is 17.9 Å². The molecule has 0 aliphatic carbocycles. The van der Waals surface area contributed by atoms with Crippen LogP contribution in [0.2, 0.25) is 0 Å². The molecule has 0 heterocycles. The molecule has 7 heteroatoms. The van der Waals surface area contributed by atoms with Gasteiger partial charge in [-0.2, -0.15) is 0 Å². The minimum atomic E-state index is -1.23. The second-order valence-electron chi connectivity index (χ2n) is 4.26. The molecule has 0 unspecified atom stereocenters. The lowest BCUT2D eigenvalue weighted by Crippen LogP contribution is -2.09. The van der Waals surface area contributed by atoms with Gasteiger partial charge in [0.2, 0.25) is 0 Å². The number of benzene rings is 1. The van der Waals surface area contributed by atoms with Crippen LogP contribution in [-0.2, 0) is 19.1 Å². The molecule has 2 N–H and O–H groups in total. The van der Waals surface area contributed by atoms with Crippen molar-refractivity contribution in [3.63, 3.8) is 0 Å². The fourth-order valence-corrected chi connectivity index (χ4v) is 1.43. The number of carboxylic acids is 1. The second-order valence-corrected chi connectivity index (χ2v) is 4.26. The molecule has 0 aliphatic heterocycles. The molecule has 0 spiro atoms. The number of carbonyl (C=O) groups excluding carboxylic acids is 2. The van der Waals surface area contributed by atoms with Crippen LogP contribution in [0.5, 0.6) is 11.5 Å². The molecule has 22 heavy (non-hydrogen) atoms. The Morgan fingerprint density at radius 2 is 1.73 bits per heavy atom. The first kappa shape index (κ1) is 17.2. The lowest BCUT2D eigenvalue weighted by Gasteiger charge is -2.04. The fourth-order valence-electron chi connectivity index (χ4n) is 1.43. The Balaban J connectivity index is 2.14. The summed E-state index contributed by atoms with van der Waals surface area (Å²) in [6.45, 7) is 0.0925. The summed E-state index contributed by atoms with van der Waals surface area (Å²) in [6.07, 6.45) is 2.59. The summed E-state index contributed by atoms with van der Waals surface area (Å²) < 4.78 is 9.76. The number of aliphatic carboxylic acids is 1. The third-order valence-corrected chi connectivity index (χ3v) is 2.45. The van der Waals surface area contributed by atoms with Gasteiger partial charge in [0, 0.05) is 18.6 Å². The minimum absolute atomic E-state index is 0.0820. The number of esters is 2. The number of phenols is 1. The zero-order valence-corrected chi connectivity index (χ0v) is 11.7. The first-order chi connectivity index (χ1) is 10.5. The molecule has 1 aromatic carbocycles. The normalized spacial score (nSPS) is 10.4. The van der Waals surface area contributed by atoms with Crippen molar-refractivity contribution in [1.29, 1.82) is 0 Å². The van der Waals surface area contributed by atoms with Gasteiger partial charge < -0.3 is 19.7 Å². The van der Waals surface area contributed by atoms with Crippen molar-refractivity contribution in [1.82, 2.24) is 0 Å². The molecule has 1 aromatic rings. The van der Waals surface area contributed by atoms with Gasteiger partial charge in [0.15, 0.2) is 0 Å². The smallest absolute Gasteiger partial charge is 0.331 e. The largest absolute Gasteiger partial charge is 0.508 e. The molecule has 118 valence electrons. The number of ether oxygens (including phenoxy) is 2. The van der Waals surface area contributed by atoms with Crippen molar-refractivity contribution in [3.8, 4) is 11.5 Å². The highest BCUT2D eigenvalue weighted by molar-refractivity contribution is 5.90. The minimum Gasteiger partial charge on any atom is -0.508 e. The highest BCUT2D eigenvalue weighted by atomic mass is 16.5. The maximum Gasteiger partial charge on any atom is 0.331 e. The number of unbranched alkanes of at least 4 members (excludes halogenated alkanes) is 1. The van der Waals surface area contributed by atoms with Gasteiger partial charge in [-0.1, -0.05) is 0 Å². The van der Waals surface area contributed by atoms with E-state index in [4.69, 9.17) is 19.7 Å². The van der Waals surface area contributed by atoms with Gasteiger partial charge in [0.1, 0.15) is 11.5 Å². The van der Waals surface area contributed by atoms with E-state index in [0.717, 1.165) is 6.08 Å². The van der Waals surface area contributed by atoms with Crippen LogP contribution in [0.15, 0.2) is 36.4 Å². The SMILES string of the molecule is O=C(O)/C=C/C(=O)OCCCCC(=O)Oc1ccc(O)cc1. The first-order valence-corrected chi connectivity index (χ1v) is 6.55. The van der Waals surface area contributed by atoms with E-state index in [2.05, 4.69) is 0 Å². The van der Waals surface area contributed by atoms with E-state index in [9.17, 15) is 14.4 Å². The number of hydrogen-bond acceptors (Lipinski definition) is 6. The van der Waals surface area contributed by atoms with Gasteiger partial charge in [0.05, 0.1) is 6.61 Å². The Labute approximate surface area is 126 Å². The molecule has 0 radical (unpaired) electrons. The van der Waals surface area contributed by atoms with E-state index < -0.39 is 17.9 Å². The summed E-state index contributed by atoms with van der Waals surface area (Å²) in [5, 5.41) is 17.4. The van der Waals surface area contributed by atoms with Crippen molar-refractivity contribution in [2.45, 2.75) is 19.3 Å². The first-order valence-electron chi connectivity index (χ1n) is 6.55. The summed E-state index contributed by atoms with van der Waals surface area (Å²) in [4.78, 5) is 32.7. The third-order valence-electron chi connectivity index (χ3n) is 2.45. The predicted molar refractivity (Wildman–Crippen MR) is 75.3 cm³/mol. The summed E-state index contributed by atoms with van der Waals surface area (Å²) in [6, 6.07) is 5.77. The van der Waals surface area contributed by atoms with Crippen LogP contribution in [0.3, 0.4) is 0 Å². The predicted octanol–water partition coefficient (Wildman–Crippen LogP) is 1.65. The lowest BCUT2D eigenvalue weighted by atomic mass is 10.2. The van der Waals surface area contributed by atoms with Crippen molar-refractivity contribution in [2.24, 2.45) is 0 Å². The number of rotatable bonds is 8. The zero-order chi connectivity index (χ0) is 16.4. The van der Waals surface area contributed by atoms with E-state index in [1.807, 2.05) is 0 Å². The van der Waals surface area contributed by atoms with Gasteiger partial charge in [-0.05, 0) is 37.1 Å². The average Bonchev–Trinajstić information content (AvgIpc) is 2.47. The van der Waals surface area contributed by atoms with Crippen molar-refractivity contribution in [3.05, 3.63) is 36.4 Å². The molecule has 1 rings (SSSR count). The molecule has 7 nitrogen and oxygen atoms in total. The Morgan fingerprint density at radius 3 is 2.36 bits per heavy atom. The number of aromatic hydroxyl groups is 1. The van der Waals surface area contributed by atoms with Gasteiger partial charge in [0.25, 0.3) is 0 Å². The third kappa shape index (κ3) is 7.68. The van der Waals surface area contributed by atoms with Crippen molar-refractivity contribution in [2.75, 3.05) is 6.61 Å². The van der Waals surface area contributed by atoms with Gasteiger partial charge in [-0.3, -0.25) is 4.79 Å². The topological polar surface area (TPSA) is 110 Å². The Morgan fingerprint density at radius 1 is 1.05 bits per heavy atom. The quantitative estimate of drug-likeness (QED) is 0.325. The average molecular weight is 308 g/mol. The van der Waals surface area contributed by atoms with E-state index >= 15 is 0 Å². The highest BCUT2D eigenvalue weighted by Crippen LogP contribution is 2.16. The van der Waals surface area contributed by atoms with Crippen molar-refractivity contribution < 1.29 is 34.1 Å². The van der Waals surface area contributed by atoms with Crippen LogP contribution in [-0.4, -0.2) is 34.7 Å². The summed E-state index contributed by atoms with van der Waals surface area (Å²) in [5.41, 5.74) is 0. The lowest BCUT2D eigenvalue weighted by molar-refractivity contribution is -0.139.